The summed E-state index contributed by atoms with van der Waals surface area (Å²) in [5.41, 5.74) is 0.627. The molecule has 2 aromatic carbocycles. The number of morpholine rings is 1. The molecule has 2 fully saturated rings. The number of hydrogen-bond donors (Lipinski definition) is 0. The number of halogens is 2. The number of likely N-dealkylation sites (tertiary alicyclic amines) is 1. The summed E-state index contributed by atoms with van der Waals surface area (Å²) in [6.45, 7) is 0.693. The van der Waals surface area contributed by atoms with Gasteiger partial charge in [0.15, 0.2) is 0 Å². The summed E-state index contributed by atoms with van der Waals surface area (Å²) in [6, 6.07) is 12.8. The van der Waals surface area contributed by atoms with E-state index in [2.05, 4.69) is 0 Å². The van der Waals surface area contributed by atoms with Crippen LogP contribution in [0, 0.1) is 11.6 Å². The van der Waals surface area contributed by atoms with Crippen molar-refractivity contribution >= 4 is 11.8 Å². The van der Waals surface area contributed by atoms with Crippen molar-refractivity contribution in [3.05, 3.63) is 71.3 Å². The molecule has 2 aliphatic heterocycles. The normalized spacial score (nSPS) is 24.4. The van der Waals surface area contributed by atoms with Gasteiger partial charge in [0.25, 0.3) is 0 Å². The van der Waals surface area contributed by atoms with E-state index >= 15 is 0 Å². The van der Waals surface area contributed by atoms with Crippen molar-refractivity contribution in [3.63, 3.8) is 0 Å². The van der Waals surface area contributed by atoms with Crippen molar-refractivity contribution in [1.82, 2.24) is 9.80 Å². The Morgan fingerprint density at radius 1 is 1.17 bits per heavy atom. The Kier molecular flexibility index (Phi) is 5.08. The van der Waals surface area contributed by atoms with E-state index in [1.165, 1.54) is 12.1 Å². The van der Waals surface area contributed by atoms with Crippen LogP contribution in [0.15, 0.2) is 48.5 Å². The molecular weight excluding hydrogens is 378 g/mol. The molecule has 2 aliphatic rings. The fourth-order valence-corrected chi connectivity index (χ4v) is 4.45. The lowest BCUT2D eigenvalue weighted by Gasteiger charge is -2.54. The van der Waals surface area contributed by atoms with E-state index in [1.54, 1.807) is 16.8 Å². The first-order chi connectivity index (χ1) is 13.9. The maximum absolute atomic E-state index is 13.4. The quantitative estimate of drug-likeness (QED) is 0.796. The zero-order valence-corrected chi connectivity index (χ0v) is 16.1. The topological polar surface area (TPSA) is 49.9 Å². The first-order valence-corrected chi connectivity index (χ1v) is 9.56. The van der Waals surface area contributed by atoms with E-state index in [4.69, 9.17) is 4.74 Å². The van der Waals surface area contributed by atoms with Gasteiger partial charge in [-0.1, -0.05) is 30.3 Å². The van der Waals surface area contributed by atoms with Crippen LogP contribution in [0.25, 0.3) is 0 Å². The molecule has 0 N–H and O–H groups in total. The molecule has 2 heterocycles. The molecule has 0 spiro atoms. The molecule has 2 atom stereocenters. The van der Waals surface area contributed by atoms with Gasteiger partial charge in [-0.3, -0.25) is 9.59 Å². The highest BCUT2D eigenvalue weighted by molar-refractivity contribution is 5.81. The summed E-state index contributed by atoms with van der Waals surface area (Å²) >= 11 is 0. The van der Waals surface area contributed by atoms with Crippen LogP contribution in [0.3, 0.4) is 0 Å². The van der Waals surface area contributed by atoms with Crippen LogP contribution in [0.4, 0.5) is 8.78 Å². The van der Waals surface area contributed by atoms with Gasteiger partial charge in [0, 0.05) is 26.2 Å². The zero-order valence-electron chi connectivity index (χ0n) is 16.1. The SMILES string of the molecule is CN1C(=O)CO[C@@H]2CN(C(=O)Cc3cc(F)cc(F)c3)CC[C@]21c1ccccc1. The highest BCUT2D eigenvalue weighted by atomic mass is 19.1. The predicted octanol–water partition coefficient (Wildman–Crippen LogP) is 2.49. The summed E-state index contributed by atoms with van der Waals surface area (Å²) in [5, 5.41) is 0. The van der Waals surface area contributed by atoms with Crippen LogP contribution in [-0.4, -0.2) is 54.5 Å². The summed E-state index contributed by atoms with van der Waals surface area (Å²) in [4.78, 5) is 28.6. The van der Waals surface area contributed by atoms with E-state index in [0.29, 0.717) is 25.1 Å². The minimum absolute atomic E-state index is 0.0348. The largest absolute Gasteiger partial charge is 0.364 e. The molecule has 0 radical (unpaired) electrons. The number of fused-ring (bicyclic) bond motifs is 1. The number of nitrogens with zero attached hydrogens (tertiary/aromatic N) is 2. The van der Waals surface area contributed by atoms with Crippen molar-refractivity contribution in [1.29, 1.82) is 0 Å². The van der Waals surface area contributed by atoms with Crippen molar-refractivity contribution in [3.8, 4) is 0 Å². The highest BCUT2D eigenvalue weighted by Crippen LogP contribution is 2.42. The molecule has 2 aromatic rings. The fraction of sp³-hybridized carbons (Fsp3) is 0.364. The summed E-state index contributed by atoms with van der Waals surface area (Å²) in [6.07, 6.45) is 0.0522. The highest BCUT2D eigenvalue weighted by Gasteiger charge is 2.53. The van der Waals surface area contributed by atoms with Crippen LogP contribution in [-0.2, 0) is 26.3 Å². The zero-order chi connectivity index (χ0) is 20.6. The number of rotatable bonds is 3. The third kappa shape index (κ3) is 3.51. The number of hydrogen-bond acceptors (Lipinski definition) is 3. The van der Waals surface area contributed by atoms with Gasteiger partial charge in [-0.25, -0.2) is 8.78 Å². The van der Waals surface area contributed by atoms with Gasteiger partial charge in [-0.15, -0.1) is 0 Å². The van der Waals surface area contributed by atoms with E-state index in [1.807, 2.05) is 30.3 Å². The summed E-state index contributed by atoms with van der Waals surface area (Å²) in [7, 11) is 1.78. The molecule has 29 heavy (non-hydrogen) atoms. The number of amides is 2. The smallest absolute Gasteiger partial charge is 0.249 e. The van der Waals surface area contributed by atoms with Crippen LogP contribution < -0.4 is 0 Å². The fourth-order valence-electron chi connectivity index (χ4n) is 4.45. The van der Waals surface area contributed by atoms with E-state index < -0.39 is 17.2 Å². The van der Waals surface area contributed by atoms with Gasteiger partial charge in [-0.2, -0.15) is 0 Å². The molecular formula is C22H22F2N2O3. The van der Waals surface area contributed by atoms with Gasteiger partial charge in [0.1, 0.15) is 24.3 Å². The van der Waals surface area contributed by atoms with Crippen LogP contribution >= 0.6 is 0 Å². The number of ether oxygens (including phenoxy) is 1. The average molecular weight is 400 g/mol. The van der Waals surface area contributed by atoms with E-state index in [-0.39, 0.29) is 30.9 Å². The monoisotopic (exact) mass is 400 g/mol. The van der Waals surface area contributed by atoms with Crippen molar-refractivity contribution < 1.29 is 23.1 Å². The first kappa shape index (κ1) is 19.5. The van der Waals surface area contributed by atoms with Crippen molar-refractivity contribution in [2.24, 2.45) is 0 Å². The lowest BCUT2D eigenvalue weighted by molar-refractivity contribution is -0.184. The number of likely N-dealkylation sites (N-methyl/N-ethyl adjacent to an activating group) is 1. The third-order valence-electron chi connectivity index (χ3n) is 5.97. The third-order valence-corrected chi connectivity index (χ3v) is 5.97. The van der Waals surface area contributed by atoms with Crippen LogP contribution in [0.2, 0.25) is 0 Å². The number of benzene rings is 2. The van der Waals surface area contributed by atoms with Crippen LogP contribution in [0.1, 0.15) is 17.5 Å². The maximum atomic E-state index is 13.4. The molecule has 2 saturated heterocycles. The number of piperidine rings is 1. The van der Waals surface area contributed by atoms with E-state index in [0.717, 1.165) is 11.6 Å². The Balaban J connectivity index is 1.57. The molecule has 5 nitrogen and oxygen atoms in total. The summed E-state index contributed by atoms with van der Waals surface area (Å²) in [5.74, 6) is -1.73. The minimum atomic E-state index is -0.703. The molecule has 0 aromatic heterocycles. The number of carbonyl (C=O) groups excluding carboxylic acids is 2. The maximum Gasteiger partial charge on any atom is 0.249 e. The molecule has 152 valence electrons. The van der Waals surface area contributed by atoms with Gasteiger partial charge >= 0.3 is 0 Å². The Bertz CT molecular complexity index is 917. The van der Waals surface area contributed by atoms with Gasteiger partial charge in [0.05, 0.1) is 12.0 Å². The van der Waals surface area contributed by atoms with Gasteiger partial charge in [-0.05, 0) is 29.7 Å². The molecule has 4 rings (SSSR count). The first-order valence-electron chi connectivity index (χ1n) is 9.56. The second-order valence-electron chi connectivity index (χ2n) is 7.59. The minimum Gasteiger partial charge on any atom is -0.364 e. The Hall–Kier alpha value is -2.80. The molecule has 0 aliphatic carbocycles. The van der Waals surface area contributed by atoms with Gasteiger partial charge < -0.3 is 14.5 Å². The molecule has 0 bridgehead atoms. The van der Waals surface area contributed by atoms with Crippen molar-refractivity contribution in [2.75, 3.05) is 26.7 Å². The molecule has 2 amide bonds. The standard InChI is InChI=1S/C22H22F2N2O3/c1-25-21(28)14-29-19-13-26(8-7-22(19,25)16-5-3-2-4-6-16)20(27)11-15-9-17(23)12-18(24)10-15/h2-6,9-10,12,19H,7-8,11,13-14H2,1H3/t19-,22+/m1/s1. The summed E-state index contributed by atoms with van der Waals surface area (Å²) < 4.78 is 32.8. The van der Waals surface area contributed by atoms with Crippen LogP contribution in [0.5, 0.6) is 0 Å². The lowest BCUT2D eigenvalue weighted by Crippen LogP contribution is -2.67. The van der Waals surface area contributed by atoms with Crippen molar-refractivity contribution in [2.45, 2.75) is 24.5 Å². The Morgan fingerprint density at radius 3 is 2.55 bits per heavy atom. The average Bonchev–Trinajstić information content (AvgIpc) is 2.70. The Morgan fingerprint density at radius 2 is 1.86 bits per heavy atom. The number of carbonyl (C=O) groups is 2. The molecule has 0 saturated carbocycles. The second kappa shape index (κ2) is 7.55. The van der Waals surface area contributed by atoms with Gasteiger partial charge in [0.2, 0.25) is 11.8 Å². The molecule has 7 heteroatoms. The Labute approximate surface area is 167 Å². The predicted molar refractivity (Wildman–Crippen MR) is 102 cm³/mol. The second-order valence-corrected chi connectivity index (χ2v) is 7.59. The molecule has 0 unspecified atom stereocenters. The lowest BCUT2D eigenvalue weighted by atomic mass is 9.76. The van der Waals surface area contributed by atoms with E-state index in [9.17, 15) is 18.4 Å².